The molecule has 0 amide bonds. The van der Waals surface area contributed by atoms with Gasteiger partial charge in [-0.3, -0.25) is 9.69 Å². The van der Waals surface area contributed by atoms with Crippen molar-refractivity contribution in [1.82, 2.24) is 4.90 Å². The summed E-state index contributed by atoms with van der Waals surface area (Å²) < 4.78 is 0. The molecule has 0 bridgehead atoms. The van der Waals surface area contributed by atoms with Crippen LogP contribution in [0.3, 0.4) is 0 Å². The Morgan fingerprint density at radius 1 is 1.12 bits per heavy atom. The first-order valence-corrected chi connectivity index (χ1v) is 6.39. The van der Waals surface area contributed by atoms with Crippen LogP contribution in [-0.2, 0) is 4.79 Å². The van der Waals surface area contributed by atoms with Crippen LogP contribution < -0.4 is 5.73 Å². The number of ketones is 1. The largest absolute Gasteiger partial charge is 0.330 e. The quantitative estimate of drug-likeness (QED) is 0.648. The van der Waals surface area contributed by atoms with Crippen molar-refractivity contribution in [1.29, 1.82) is 0 Å². The third kappa shape index (κ3) is 5.08. The molecule has 0 spiro atoms. The number of Topliss-reactive ketones (excluding diaryl/α,β-unsaturated/α-hetero) is 1. The molecule has 0 aromatic rings. The van der Waals surface area contributed by atoms with E-state index < -0.39 is 0 Å². The first-order chi connectivity index (χ1) is 7.41. The topological polar surface area (TPSA) is 46.3 Å². The first kappa shape index (κ1) is 15.6. The number of unbranched alkanes of at least 4 members (excludes halogenated alkanes) is 1. The molecule has 0 aliphatic carbocycles. The van der Waals surface area contributed by atoms with E-state index >= 15 is 0 Å². The maximum atomic E-state index is 11.7. The van der Waals surface area contributed by atoms with Gasteiger partial charge >= 0.3 is 0 Å². The van der Waals surface area contributed by atoms with E-state index in [0.717, 1.165) is 19.3 Å². The summed E-state index contributed by atoms with van der Waals surface area (Å²) in [6.07, 6.45) is 2.98. The number of carbonyl (C=O) groups excluding carboxylic acids is 1. The third-order valence-corrected chi connectivity index (χ3v) is 2.95. The molecule has 0 rings (SSSR count). The highest BCUT2D eigenvalue weighted by molar-refractivity contribution is 5.81. The minimum atomic E-state index is 0.0616. The fraction of sp³-hybridized carbons (Fsp3) is 0.923. The highest BCUT2D eigenvalue weighted by Gasteiger charge is 2.26. The summed E-state index contributed by atoms with van der Waals surface area (Å²) in [5, 5.41) is 0. The highest BCUT2D eigenvalue weighted by Crippen LogP contribution is 2.16. The number of nitrogens with zero attached hydrogens (tertiary/aromatic N) is 1. The average Bonchev–Trinajstić information content (AvgIpc) is 2.14. The van der Waals surface area contributed by atoms with Crippen LogP contribution in [0.25, 0.3) is 0 Å². The molecule has 96 valence electrons. The molecule has 0 aromatic heterocycles. The summed E-state index contributed by atoms with van der Waals surface area (Å²) in [6, 6.07) is 0.880. The Balaban J connectivity index is 4.52. The molecular formula is C13H28N2O. The number of rotatable bonds is 8. The minimum Gasteiger partial charge on any atom is -0.330 e. The number of hydrogen-bond acceptors (Lipinski definition) is 3. The normalized spacial score (nSPS) is 13.8. The molecule has 0 heterocycles. The summed E-state index contributed by atoms with van der Waals surface area (Å²) in [4.78, 5) is 14.0. The lowest BCUT2D eigenvalue weighted by Gasteiger charge is -2.37. The van der Waals surface area contributed by atoms with E-state index in [1.54, 1.807) is 6.92 Å². The number of nitrogens with two attached hydrogens (primary N) is 1. The lowest BCUT2D eigenvalue weighted by Crippen LogP contribution is -2.48. The van der Waals surface area contributed by atoms with E-state index in [4.69, 9.17) is 5.73 Å². The molecule has 1 unspecified atom stereocenters. The Bertz CT molecular complexity index is 194. The molecule has 0 saturated carbocycles. The molecule has 1 atom stereocenters. The molecule has 0 radical (unpaired) electrons. The van der Waals surface area contributed by atoms with Gasteiger partial charge < -0.3 is 5.73 Å². The van der Waals surface area contributed by atoms with Gasteiger partial charge in [-0.1, -0.05) is 6.42 Å². The van der Waals surface area contributed by atoms with Crippen LogP contribution in [0.2, 0.25) is 0 Å². The van der Waals surface area contributed by atoms with Gasteiger partial charge in [0, 0.05) is 12.1 Å². The molecule has 3 heteroatoms. The minimum absolute atomic E-state index is 0.0616. The zero-order chi connectivity index (χ0) is 12.7. The van der Waals surface area contributed by atoms with Gasteiger partial charge in [0.15, 0.2) is 0 Å². The van der Waals surface area contributed by atoms with Crippen LogP contribution in [0, 0.1) is 0 Å². The molecule has 0 saturated heterocycles. The van der Waals surface area contributed by atoms with Crippen LogP contribution in [0.5, 0.6) is 0 Å². The maximum absolute atomic E-state index is 11.7. The molecule has 16 heavy (non-hydrogen) atoms. The van der Waals surface area contributed by atoms with Gasteiger partial charge in [0.2, 0.25) is 0 Å². The predicted molar refractivity (Wildman–Crippen MR) is 69.5 cm³/mol. The Morgan fingerprint density at radius 3 is 1.94 bits per heavy atom. The Kier molecular flexibility index (Phi) is 7.60. The summed E-state index contributed by atoms with van der Waals surface area (Å²) in [5.74, 6) is 0.277. The van der Waals surface area contributed by atoms with Crippen molar-refractivity contribution in [3.05, 3.63) is 0 Å². The van der Waals surface area contributed by atoms with E-state index in [0.29, 0.717) is 18.6 Å². The van der Waals surface area contributed by atoms with Crippen molar-refractivity contribution < 1.29 is 4.79 Å². The zero-order valence-corrected chi connectivity index (χ0v) is 11.5. The fourth-order valence-electron chi connectivity index (χ4n) is 2.36. The lowest BCUT2D eigenvalue weighted by molar-refractivity contribution is -0.124. The van der Waals surface area contributed by atoms with Gasteiger partial charge in [-0.2, -0.15) is 0 Å². The Morgan fingerprint density at radius 2 is 1.62 bits per heavy atom. The SMILES string of the molecule is CC(=O)C(CCCCN)N(C(C)C)C(C)C. The van der Waals surface area contributed by atoms with E-state index in [1.165, 1.54) is 0 Å². The average molecular weight is 228 g/mol. The Hall–Kier alpha value is -0.410. The van der Waals surface area contributed by atoms with Crippen molar-refractivity contribution in [2.45, 2.75) is 72.0 Å². The third-order valence-electron chi connectivity index (χ3n) is 2.95. The molecule has 0 fully saturated rings. The molecular weight excluding hydrogens is 200 g/mol. The maximum Gasteiger partial charge on any atom is 0.146 e. The Labute approximate surface area is 100 Å². The zero-order valence-electron chi connectivity index (χ0n) is 11.5. The van der Waals surface area contributed by atoms with Crippen LogP contribution >= 0.6 is 0 Å². The van der Waals surface area contributed by atoms with Crippen LogP contribution in [0.1, 0.15) is 53.9 Å². The van der Waals surface area contributed by atoms with Crippen LogP contribution in [0.15, 0.2) is 0 Å². The van der Waals surface area contributed by atoms with Gasteiger partial charge in [0.05, 0.1) is 6.04 Å². The van der Waals surface area contributed by atoms with Gasteiger partial charge in [-0.15, -0.1) is 0 Å². The summed E-state index contributed by atoms with van der Waals surface area (Å²) in [7, 11) is 0. The molecule has 0 aliphatic rings. The van der Waals surface area contributed by atoms with E-state index in [2.05, 4.69) is 32.6 Å². The van der Waals surface area contributed by atoms with Gasteiger partial charge in [0.1, 0.15) is 5.78 Å². The number of hydrogen-bond donors (Lipinski definition) is 1. The van der Waals surface area contributed by atoms with E-state index in [-0.39, 0.29) is 11.8 Å². The van der Waals surface area contributed by atoms with Gasteiger partial charge in [-0.25, -0.2) is 0 Å². The second kappa shape index (κ2) is 7.80. The van der Waals surface area contributed by atoms with Gasteiger partial charge in [-0.05, 0) is 54.0 Å². The molecule has 3 nitrogen and oxygen atoms in total. The van der Waals surface area contributed by atoms with E-state index in [1.807, 2.05) is 0 Å². The molecule has 0 aromatic carbocycles. The van der Waals surface area contributed by atoms with E-state index in [9.17, 15) is 4.79 Å². The van der Waals surface area contributed by atoms with Gasteiger partial charge in [0.25, 0.3) is 0 Å². The van der Waals surface area contributed by atoms with Crippen molar-refractivity contribution in [3.8, 4) is 0 Å². The van der Waals surface area contributed by atoms with Crippen molar-refractivity contribution >= 4 is 5.78 Å². The standard InChI is InChI=1S/C13H28N2O/c1-10(2)15(11(3)4)13(12(5)16)8-6-7-9-14/h10-11,13H,6-9,14H2,1-5H3. The van der Waals surface area contributed by atoms with Crippen LogP contribution in [-0.4, -0.2) is 35.4 Å². The second-order valence-electron chi connectivity index (χ2n) is 5.05. The lowest BCUT2D eigenvalue weighted by atomic mass is 10.0. The summed E-state index contributed by atoms with van der Waals surface area (Å²) in [6.45, 7) is 11.0. The first-order valence-electron chi connectivity index (χ1n) is 6.39. The fourth-order valence-corrected chi connectivity index (χ4v) is 2.36. The second-order valence-corrected chi connectivity index (χ2v) is 5.05. The number of carbonyl (C=O) groups is 1. The summed E-state index contributed by atoms with van der Waals surface area (Å²) in [5.41, 5.74) is 5.49. The van der Waals surface area contributed by atoms with Crippen molar-refractivity contribution in [2.24, 2.45) is 5.73 Å². The van der Waals surface area contributed by atoms with Crippen molar-refractivity contribution in [2.75, 3.05) is 6.54 Å². The smallest absolute Gasteiger partial charge is 0.146 e. The van der Waals surface area contributed by atoms with Crippen LogP contribution in [0.4, 0.5) is 0 Å². The highest BCUT2D eigenvalue weighted by atomic mass is 16.1. The monoisotopic (exact) mass is 228 g/mol. The molecule has 2 N–H and O–H groups in total. The summed E-state index contributed by atoms with van der Waals surface area (Å²) >= 11 is 0. The predicted octanol–water partition coefficient (Wildman–Crippen LogP) is 2.19. The van der Waals surface area contributed by atoms with Crippen molar-refractivity contribution in [3.63, 3.8) is 0 Å². The molecule has 0 aliphatic heterocycles.